The van der Waals surface area contributed by atoms with Crippen LogP contribution in [-0.4, -0.2) is 66.5 Å². The first kappa shape index (κ1) is 32.9. The van der Waals surface area contributed by atoms with E-state index in [9.17, 15) is 19.2 Å². The molecule has 0 amide bonds. The second-order valence-corrected chi connectivity index (χ2v) is 8.43. The number of esters is 4. The Morgan fingerprint density at radius 1 is 0.615 bits per heavy atom. The molecule has 3 atom stereocenters. The van der Waals surface area contributed by atoms with E-state index in [-0.39, 0.29) is 56.0 Å². The monoisotopic (exact) mass is 546 g/mol. The van der Waals surface area contributed by atoms with E-state index >= 15 is 0 Å². The van der Waals surface area contributed by atoms with Crippen molar-refractivity contribution in [2.24, 2.45) is 11.8 Å². The number of carbonyl (C=O) groups is 4. The fourth-order valence-electron chi connectivity index (χ4n) is 4.16. The van der Waals surface area contributed by atoms with Gasteiger partial charge >= 0.3 is 23.9 Å². The zero-order valence-electron chi connectivity index (χ0n) is 22.4. The van der Waals surface area contributed by atoms with Crippen LogP contribution in [0.2, 0.25) is 0 Å². The van der Waals surface area contributed by atoms with E-state index in [0.717, 1.165) is 22.6 Å². The molecule has 0 bridgehead atoms. The normalized spacial score (nSPS) is 16.8. The molecule has 1 fully saturated rings. The highest BCUT2D eigenvalue weighted by atomic mass is 16.5. The van der Waals surface area contributed by atoms with Crippen molar-refractivity contribution in [2.75, 3.05) is 42.7 Å². The molecule has 10 heteroatoms. The zero-order valence-corrected chi connectivity index (χ0v) is 22.4. The molecule has 0 heterocycles. The van der Waals surface area contributed by atoms with Crippen molar-refractivity contribution in [1.29, 1.82) is 0 Å². The summed E-state index contributed by atoms with van der Waals surface area (Å²) in [5.41, 5.74) is 1.78. The van der Waals surface area contributed by atoms with Gasteiger partial charge in [-0.3, -0.25) is 19.2 Å². The second-order valence-electron chi connectivity index (χ2n) is 8.43. The van der Waals surface area contributed by atoms with Crippen LogP contribution in [0.4, 0.5) is 0 Å². The lowest BCUT2D eigenvalue weighted by Gasteiger charge is -2.15. The maximum Gasteiger partial charge on any atom is 0.310 e. The Labute approximate surface area is 229 Å². The summed E-state index contributed by atoms with van der Waals surface area (Å²) in [7, 11) is 8.45. The Bertz CT molecular complexity index is 993. The van der Waals surface area contributed by atoms with E-state index < -0.39 is 11.8 Å². The summed E-state index contributed by atoms with van der Waals surface area (Å²) in [6.45, 7) is 0. The van der Waals surface area contributed by atoms with Gasteiger partial charge in [-0.25, -0.2) is 0 Å². The van der Waals surface area contributed by atoms with Crippen LogP contribution in [0.15, 0.2) is 48.5 Å². The summed E-state index contributed by atoms with van der Waals surface area (Å²) >= 11 is 0. The van der Waals surface area contributed by atoms with Crippen LogP contribution in [-0.2, 0) is 38.1 Å². The molecule has 3 rings (SSSR count). The Morgan fingerprint density at radius 3 is 1.33 bits per heavy atom. The molecule has 0 aromatic heterocycles. The van der Waals surface area contributed by atoms with Crippen LogP contribution >= 0.6 is 0 Å². The third-order valence-corrected chi connectivity index (χ3v) is 6.34. The molecule has 214 valence electrons. The Morgan fingerprint density at radius 2 is 1.00 bits per heavy atom. The van der Waals surface area contributed by atoms with Gasteiger partial charge in [0.2, 0.25) is 0 Å². The first-order valence-corrected chi connectivity index (χ1v) is 11.8. The molecule has 1 saturated carbocycles. The minimum absolute atomic E-state index is 0. The van der Waals surface area contributed by atoms with E-state index in [1.807, 2.05) is 24.3 Å². The lowest BCUT2D eigenvalue weighted by Crippen LogP contribution is -2.13. The molecule has 0 aliphatic heterocycles. The molecule has 0 radical (unpaired) electrons. The summed E-state index contributed by atoms with van der Waals surface area (Å²) in [4.78, 5) is 46.1. The molecule has 1 aliphatic rings. The molecule has 39 heavy (non-hydrogen) atoms. The minimum Gasteiger partial charge on any atom is -0.497 e. The lowest BCUT2D eigenvalue weighted by atomic mass is 9.92. The van der Waals surface area contributed by atoms with Gasteiger partial charge in [0.25, 0.3) is 0 Å². The number of benzene rings is 2. The smallest absolute Gasteiger partial charge is 0.310 e. The number of ether oxygens (including phenoxy) is 6. The summed E-state index contributed by atoms with van der Waals surface area (Å²) < 4.78 is 28.9. The molecule has 0 saturated heterocycles. The lowest BCUT2D eigenvalue weighted by molar-refractivity contribution is -0.148. The number of hydrogen-bond acceptors (Lipinski definition) is 10. The van der Waals surface area contributed by atoms with Gasteiger partial charge < -0.3 is 28.4 Å². The molecule has 1 aliphatic carbocycles. The SMILES string of the molecule is C.COC(=O)CC(CC(=O)OC)c1ccc(OC)cc1.COC(=O)[C@@H]1C(c2ccc(OC)cc2)[C@@H]1C(=O)OC. The topological polar surface area (TPSA) is 124 Å². The van der Waals surface area contributed by atoms with Gasteiger partial charge in [-0.2, -0.15) is 0 Å². The fourth-order valence-corrected chi connectivity index (χ4v) is 4.16. The summed E-state index contributed by atoms with van der Waals surface area (Å²) in [5.74, 6) is -1.36. The number of methoxy groups -OCH3 is 6. The largest absolute Gasteiger partial charge is 0.497 e. The Kier molecular flexibility index (Phi) is 13.5. The highest BCUT2D eigenvalue weighted by Gasteiger charge is 2.61. The van der Waals surface area contributed by atoms with E-state index in [4.69, 9.17) is 18.9 Å². The molecule has 10 nitrogen and oxygen atoms in total. The van der Waals surface area contributed by atoms with Gasteiger partial charge in [0.1, 0.15) is 11.5 Å². The molecule has 2 aromatic rings. The molecular formula is C29H38O10. The van der Waals surface area contributed by atoms with Crippen LogP contribution in [0.3, 0.4) is 0 Å². The van der Waals surface area contributed by atoms with Gasteiger partial charge in [0.05, 0.1) is 67.3 Å². The quantitative estimate of drug-likeness (QED) is 0.320. The Hall–Kier alpha value is -4.08. The average Bonchev–Trinajstić information content (AvgIpc) is 3.72. The summed E-state index contributed by atoms with van der Waals surface area (Å²) in [6.07, 6.45) is 0.274. The molecule has 0 spiro atoms. The van der Waals surface area contributed by atoms with Crippen molar-refractivity contribution in [3.8, 4) is 11.5 Å². The van der Waals surface area contributed by atoms with Gasteiger partial charge in [-0.05, 0) is 35.4 Å². The molecular weight excluding hydrogens is 508 g/mol. The van der Waals surface area contributed by atoms with Crippen molar-refractivity contribution < 1.29 is 47.6 Å². The Balaban J connectivity index is 0.000000380. The van der Waals surface area contributed by atoms with Crippen LogP contribution in [0.5, 0.6) is 11.5 Å². The fraction of sp³-hybridized carbons (Fsp3) is 0.448. The second kappa shape index (κ2) is 16.0. The number of hydrogen-bond donors (Lipinski definition) is 0. The predicted octanol–water partition coefficient (Wildman–Crippen LogP) is 3.91. The third-order valence-electron chi connectivity index (χ3n) is 6.34. The summed E-state index contributed by atoms with van der Waals surface area (Å²) in [5, 5.41) is 0. The van der Waals surface area contributed by atoms with Crippen LogP contribution in [0, 0.1) is 11.8 Å². The van der Waals surface area contributed by atoms with Crippen molar-refractivity contribution in [3.63, 3.8) is 0 Å². The summed E-state index contributed by atoms with van der Waals surface area (Å²) in [6, 6.07) is 14.5. The molecule has 2 aromatic carbocycles. The van der Waals surface area contributed by atoms with E-state index in [0.29, 0.717) is 0 Å². The number of carbonyl (C=O) groups excluding carboxylic acids is 4. The van der Waals surface area contributed by atoms with Gasteiger partial charge in [-0.15, -0.1) is 0 Å². The number of rotatable bonds is 10. The molecule has 0 N–H and O–H groups in total. The first-order chi connectivity index (χ1) is 18.2. The van der Waals surface area contributed by atoms with Crippen LogP contribution in [0.25, 0.3) is 0 Å². The average molecular weight is 547 g/mol. The highest BCUT2D eigenvalue weighted by molar-refractivity contribution is 5.90. The van der Waals surface area contributed by atoms with Gasteiger partial charge in [0.15, 0.2) is 0 Å². The van der Waals surface area contributed by atoms with E-state index in [1.165, 1.54) is 28.4 Å². The first-order valence-electron chi connectivity index (χ1n) is 11.8. The maximum atomic E-state index is 11.7. The van der Waals surface area contributed by atoms with Crippen molar-refractivity contribution >= 4 is 23.9 Å². The van der Waals surface area contributed by atoms with E-state index in [2.05, 4.69) is 9.47 Å². The predicted molar refractivity (Wildman–Crippen MR) is 142 cm³/mol. The van der Waals surface area contributed by atoms with Crippen molar-refractivity contribution in [2.45, 2.75) is 32.1 Å². The maximum absolute atomic E-state index is 11.7. The highest BCUT2D eigenvalue weighted by Crippen LogP contribution is 2.55. The molecule has 1 unspecified atom stereocenters. The van der Waals surface area contributed by atoms with E-state index in [1.54, 1.807) is 38.5 Å². The van der Waals surface area contributed by atoms with Crippen LogP contribution < -0.4 is 9.47 Å². The van der Waals surface area contributed by atoms with Gasteiger partial charge in [0, 0.05) is 11.8 Å². The third kappa shape index (κ3) is 9.01. The van der Waals surface area contributed by atoms with Crippen LogP contribution in [0.1, 0.15) is 43.2 Å². The minimum atomic E-state index is -0.453. The van der Waals surface area contributed by atoms with Crippen molar-refractivity contribution in [3.05, 3.63) is 59.7 Å². The van der Waals surface area contributed by atoms with Gasteiger partial charge in [-0.1, -0.05) is 31.7 Å². The standard InChI is InChI=1S/C14H16O5.C14H18O5.CH4/c1-17-9-6-4-8(5-7-9)10-11(13(15)18-2)12(10)14(16)19-3;1-17-12-6-4-10(5-7-12)11(8-13(15)18-2)9-14(16)19-3;/h4-7,10-12H,1-3H3;4-7,11H,8-9H2,1-3H3;1H4/t10?,11-,12+;;. The zero-order chi connectivity index (χ0) is 28.2. The van der Waals surface area contributed by atoms with Crippen molar-refractivity contribution in [1.82, 2.24) is 0 Å².